The van der Waals surface area contributed by atoms with Crippen LogP contribution in [0.2, 0.25) is 5.02 Å². The van der Waals surface area contributed by atoms with Gasteiger partial charge < -0.3 is 5.32 Å². The Balaban J connectivity index is 2.10. The molecule has 0 saturated carbocycles. The number of ketones is 1. The molecule has 0 aliphatic heterocycles. The lowest BCUT2D eigenvalue weighted by molar-refractivity contribution is -0.116. The van der Waals surface area contributed by atoms with Crippen LogP contribution >= 0.6 is 27.5 Å². The summed E-state index contributed by atoms with van der Waals surface area (Å²) in [5.74, 6) is -0.686. The molecule has 0 aromatic heterocycles. The molecule has 1 N–H and O–H groups in total. The third kappa shape index (κ3) is 4.91. The molecule has 26 heavy (non-hydrogen) atoms. The van der Waals surface area contributed by atoms with E-state index in [4.69, 9.17) is 11.6 Å². The Labute approximate surface area is 165 Å². The molecule has 2 rings (SSSR count). The Morgan fingerprint density at radius 3 is 2.31 bits per heavy atom. The number of nitrogens with zero attached hydrogens (tertiary/aromatic N) is 1. The fourth-order valence-electron chi connectivity index (χ4n) is 2.11. The number of hydrogen-bond acceptors (Lipinski definition) is 4. The van der Waals surface area contributed by atoms with E-state index in [-0.39, 0.29) is 17.2 Å². The van der Waals surface area contributed by atoms with Gasteiger partial charge in [-0.1, -0.05) is 39.7 Å². The van der Waals surface area contributed by atoms with E-state index in [2.05, 4.69) is 21.2 Å². The highest BCUT2D eigenvalue weighted by molar-refractivity contribution is 9.10. The molecule has 2 aromatic carbocycles. The minimum atomic E-state index is -3.86. The van der Waals surface area contributed by atoms with Crippen molar-refractivity contribution in [1.82, 2.24) is 4.31 Å². The molecule has 0 bridgehead atoms. The number of Topliss-reactive ketones (excluding diaryl/α,β-unsaturated/α-hetero) is 1. The van der Waals surface area contributed by atoms with Crippen LogP contribution < -0.4 is 5.32 Å². The van der Waals surface area contributed by atoms with Gasteiger partial charge in [-0.25, -0.2) is 8.42 Å². The van der Waals surface area contributed by atoms with Crippen LogP contribution in [0.3, 0.4) is 0 Å². The molecule has 6 nitrogen and oxygen atoms in total. The average Bonchev–Trinajstić information content (AvgIpc) is 2.57. The predicted molar refractivity (Wildman–Crippen MR) is 104 cm³/mol. The van der Waals surface area contributed by atoms with Crippen LogP contribution in [0, 0.1) is 0 Å². The molecule has 0 fully saturated rings. The van der Waals surface area contributed by atoms with Crippen molar-refractivity contribution >= 4 is 54.9 Å². The number of rotatable bonds is 6. The van der Waals surface area contributed by atoms with Crippen LogP contribution in [-0.4, -0.2) is 38.0 Å². The third-order valence-corrected chi connectivity index (χ3v) is 6.16. The summed E-state index contributed by atoms with van der Waals surface area (Å²) in [6.07, 6.45) is 0. The molecule has 0 aliphatic carbocycles. The highest BCUT2D eigenvalue weighted by Crippen LogP contribution is 2.25. The van der Waals surface area contributed by atoms with Crippen molar-refractivity contribution in [1.29, 1.82) is 0 Å². The smallest absolute Gasteiger partial charge is 0.243 e. The lowest BCUT2D eigenvalue weighted by atomic mass is 10.2. The van der Waals surface area contributed by atoms with E-state index in [0.717, 1.165) is 8.78 Å². The lowest BCUT2D eigenvalue weighted by Crippen LogP contribution is -2.35. The van der Waals surface area contributed by atoms with Crippen molar-refractivity contribution in [2.45, 2.75) is 11.8 Å². The van der Waals surface area contributed by atoms with E-state index in [1.165, 1.54) is 38.2 Å². The number of carbonyl (C=O) groups excluding carboxylic acids is 2. The number of hydrogen-bond donors (Lipinski definition) is 1. The second-order valence-corrected chi connectivity index (χ2v) is 8.88. The predicted octanol–water partition coefficient (Wildman–Crippen LogP) is 3.56. The topological polar surface area (TPSA) is 83.6 Å². The largest absolute Gasteiger partial charge is 0.324 e. The number of nitrogens with one attached hydrogen (secondary N) is 1. The second-order valence-electron chi connectivity index (χ2n) is 5.51. The van der Waals surface area contributed by atoms with E-state index in [9.17, 15) is 18.0 Å². The summed E-state index contributed by atoms with van der Waals surface area (Å²) in [7, 11) is -2.56. The molecular weight excluding hydrogens is 444 g/mol. The van der Waals surface area contributed by atoms with Gasteiger partial charge in [-0.2, -0.15) is 4.31 Å². The van der Waals surface area contributed by atoms with Crippen LogP contribution in [-0.2, 0) is 14.8 Å². The molecule has 1 amide bonds. The highest BCUT2D eigenvalue weighted by atomic mass is 79.9. The van der Waals surface area contributed by atoms with Crippen LogP contribution in [0.25, 0.3) is 0 Å². The zero-order valence-corrected chi connectivity index (χ0v) is 17.2. The molecule has 9 heteroatoms. The first-order valence-corrected chi connectivity index (χ1v) is 10.0. The summed E-state index contributed by atoms with van der Waals surface area (Å²) in [6, 6.07) is 10.5. The maximum absolute atomic E-state index is 12.5. The molecule has 0 spiro atoms. The van der Waals surface area contributed by atoms with Gasteiger partial charge in [-0.15, -0.1) is 0 Å². The van der Waals surface area contributed by atoms with Crippen molar-refractivity contribution in [2.24, 2.45) is 0 Å². The van der Waals surface area contributed by atoms with E-state index >= 15 is 0 Å². The number of carbonyl (C=O) groups is 2. The molecule has 0 unspecified atom stereocenters. The lowest BCUT2D eigenvalue weighted by Gasteiger charge is -2.17. The Kier molecular flexibility index (Phi) is 6.57. The molecular formula is C17H16BrClN2O4S. The maximum atomic E-state index is 12.5. The number of likely N-dealkylation sites (N-methyl/N-ethyl adjacent to an activating group) is 1. The SMILES string of the molecule is CC(=O)c1ccc(S(=O)(=O)N(C)CC(=O)Nc2ccc(Br)cc2Cl)cc1. The average molecular weight is 460 g/mol. The number of anilines is 1. The van der Waals surface area contributed by atoms with Gasteiger partial charge in [0.1, 0.15) is 0 Å². The minimum absolute atomic E-state index is 0.000487. The van der Waals surface area contributed by atoms with Crippen LogP contribution in [0.4, 0.5) is 5.69 Å². The molecule has 2 aromatic rings. The van der Waals surface area contributed by atoms with Gasteiger partial charge >= 0.3 is 0 Å². The monoisotopic (exact) mass is 458 g/mol. The standard InChI is InChI=1S/C17H16BrClN2O4S/c1-11(22)12-3-6-14(7-4-12)26(24,25)21(2)10-17(23)20-16-8-5-13(18)9-15(16)19/h3-9H,10H2,1-2H3,(H,20,23). The summed E-state index contributed by atoms with van der Waals surface area (Å²) in [4.78, 5) is 23.4. The maximum Gasteiger partial charge on any atom is 0.243 e. The van der Waals surface area contributed by atoms with E-state index < -0.39 is 15.9 Å². The van der Waals surface area contributed by atoms with Gasteiger partial charge in [0.05, 0.1) is 22.2 Å². The first kappa shape index (κ1) is 20.6. The Hall–Kier alpha value is -1.74. The van der Waals surface area contributed by atoms with Gasteiger partial charge in [0.25, 0.3) is 0 Å². The number of halogens is 2. The number of sulfonamides is 1. The molecule has 0 saturated heterocycles. The summed E-state index contributed by atoms with van der Waals surface area (Å²) in [6.45, 7) is 1.01. The van der Waals surface area contributed by atoms with Crippen LogP contribution in [0.1, 0.15) is 17.3 Å². The first-order chi connectivity index (χ1) is 12.1. The normalized spacial score (nSPS) is 11.4. The van der Waals surface area contributed by atoms with Crippen molar-refractivity contribution in [3.8, 4) is 0 Å². The molecule has 138 valence electrons. The highest BCUT2D eigenvalue weighted by Gasteiger charge is 2.23. The summed E-state index contributed by atoms with van der Waals surface area (Å²) < 4.78 is 26.8. The van der Waals surface area contributed by atoms with Crippen LogP contribution in [0.5, 0.6) is 0 Å². The number of amides is 1. The first-order valence-electron chi connectivity index (χ1n) is 7.43. The zero-order valence-electron chi connectivity index (χ0n) is 14.0. The van der Waals surface area contributed by atoms with E-state index in [0.29, 0.717) is 16.3 Å². The van der Waals surface area contributed by atoms with Gasteiger partial charge in [0.2, 0.25) is 15.9 Å². The Morgan fingerprint density at radius 1 is 1.15 bits per heavy atom. The minimum Gasteiger partial charge on any atom is -0.324 e. The van der Waals surface area contributed by atoms with Gasteiger partial charge in [0, 0.05) is 17.1 Å². The molecule has 0 aliphatic rings. The number of benzene rings is 2. The fourth-order valence-corrected chi connectivity index (χ4v) is 3.96. The van der Waals surface area contributed by atoms with E-state index in [1.807, 2.05) is 0 Å². The van der Waals surface area contributed by atoms with Gasteiger partial charge in [0.15, 0.2) is 5.78 Å². The van der Waals surface area contributed by atoms with Gasteiger partial charge in [-0.3, -0.25) is 9.59 Å². The summed E-state index contributed by atoms with van der Waals surface area (Å²) in [5, 5.41) is 2.90. The fraction of sp³-hybridized carbons (Fsp3) is 0.176. The molecule has 0 radical (unpaired) electrons. The third-order valence-electron chi connectivity index (χ3n) is 3.54. The Morgan fingerprint density at radius 2 is 1.77 bits per heavy atom. The van der Waals surface area contributed by atoms with Crippen molar-refractivity contribution in [2.75, 3.05) is 18.9 Å². The molecule has 0 atom stereocenters. The van der Waals surface area contributed by atoms with Crippen molar-refractivity contribution in [3.63, 3.8) is 0 Å². The second kappa shape index (κ2) is 8.30. The van der Waals surface area contributed by atoms with Crippen LogP contribution in [0.15, 0.2) is 51.8 Å². The van der Waals surface area contributed by atoms with Crippen molar-refractivity contribution < 1.29 is 18.0 Å². The molecule has 0 heterocycles. The summed E-state index contributed by atoms with van der Waals surface area (Å²) in [5.41, 5.74) is 0.797. The van der Waals surface area contributed by atoms with E-state index in [1.54, 1.807) is 18.2 Å². The Bertz CT molecular complexity index is 946. The van der Waals surface area contributed by atoms with Gasteiger partial charge in [-0.05, 0) is 37.3 Å². The quantitative estimate of drug-likeness (QED) is 0.670. The van der Waals surface area contributed by atoms with Crippen molar-refractivity contribution in [3.05, 3.63) is 57.5 Å². The summed E-state index contributed by atoms with van der Waals surface area (Å²) >= 11 is 9.30. The zero-order chi connectivity index (χ0) is 19.5.